The quantitative estimate of drug-likeness (QED) is 0.886. The van der Waals surface area contributed by atoms with Crippen molar-refractivity contribution in [1.82, 2.24) is 4.90 Å². The van der Waals surface area contributed by atoms with E-state index in [1.807, 2.05) is 6.07 Å². The Morgan fingerprint density at radius 3 is 2.94 bits per heavy atom. The molecule has 1 aliphatic rings. The van der Waals surface area contributed by atoms with Gasteiger partial charge in [0.2, 0.25) is 0 Å². The number of rotatable bonds is 4. The number of ether oxygens (including phenoxy) is 1. The van der Waals surface area contributed by atoms with E-state index in [0.717, 1.165) is 32.7 Å². The Kier molecular flexibility index (Phi) is 5.02. The molecule has 1 heterocycles. The van der Waals surface area contributed by atoms with E-state index < -0.39 is 0 Å². The first-order valence-corrected chi connectivity index (χ1v) is 6.90. The summed E-state index contributed by atoms with van der Waals surface area (Å²) >= 11 is 0. The molecule has 1 N–H and O–H groups in total. The van der Waals surface area contributed by atoms with Crippen LogP contribution in [0.25, 0.3) is 0 Å². The largest absolute Gasteiger partial charge is 0.383 e. The van der Waals surface area contributed by atoms with Gasteiger partial charge in [-0.25, -0.2) is 0 Å². The second-order valence-electron chi connectivity index (χ2n) is 5.13. The molecule has 100 valence electrons. The smallest absolute Gasteiger partial charge is 0.0674 e. The van der Waals surface area contributed by atoms with Gasteiger partial charge in [-0.2, -0.15) is 0 Å². The zero-order valence-corrected chi connectivity index (χ0v) is 11.4. The highest BCUT2D eigenvalue weighted by Crippen LogP contribution is 2.11. The van der Waals surface area contributed by atoms with Gasteiger partial charge in [-0.05, 0) is 32.4 Å². The monoisotopic (exact) mass is 248 g/mol. The Morgan fingerprint density at radius 2 is 2.17 bits per heavy atom. The van der Waals surface area contributed by atoms with E-state index in [0.29, 0.717) is 12.1 Å². The lowest BCUT2D eigenvalue weighted by Crippen LogP contribution is -2.41. The van der Waals surface area contributed by atoms with Gasteiger partial charge >= 0.3 is 0 Å². The van der Waals surface area contributed by atoms with Crippen LogP contribution in [0, 0.1) is 0 Å². The summed E-state index contributed by atoms with van der Waals surface area (Å²) < 4.78 is 5.68. The lowest BCUT2D eigenvalue weighted by molar-refractivity contribution is 0.0629. The minimum atomic E-state index is 0.353. The highest BCUT2D eigenvalue weighted by atomic mass is 16.5. The molecule has 18 heavy (non-hydrogen) atoms. The number of nitrogens with zero attached hydrogens (tertiary/aromatic N) is 1. The van der Waals surface area contributed by atoms with Crippen molar-refractivity contribution < 1.29 is 4.74 Å². The van der Waals surface area contributed by atoms with Crippen molar-refractivity contribution in [2.45, 2.75) is 32.4 Å². The molecule has 0 bridgehead atoms. The van der Waals surface area contributed by atoms with E-state index >= 15 is 0 Å². The van der Waals surface area contributed by atoms with E-state index in [4.69, 9.17) is 4.74 Å². The average Bonchev–Trinajstić information content (AvgIpc) is 2.62. The Balaban J connectivity index is 1.81. The van der Waals surface area contributed by atoms with E-state index in [1.54, 1.807) is 0 Å². The number of hydrogen-bond acceptors (Lipinski definition) is 3. The summed E-state index contributed by atoms with van der Waals surface area (Å²) in [5, 5.41) is 3.49. The van der Waals surface area contributed by atoms with Gasteiger partial charge in [0.1, 0.15) is 0 Å². The normalized spacial score (nSPS) is 23.3. The minimum absolute atomic E-state index is 0.353. The van der Waals surface area contributed by atoms with E-state index in [1.165, 1.54) is 5.69 Å². The summed E-state index contributed by atoms with van der Waals surface area (Å²) in [7, 11) is 0. The van der Waals surface area contributed by atoms with Gasteiger partial charge in [0.05, 0.1) is 6.10 Å². The maximum atomic E-state index is 5.68. The SMILES string of the molecule is CC1CN(C(C)CNc2ccccc2)CCCO1. The highest BCUT2D eigenvalue weighted by Gasteiger charge is 2.19. The molecule has 1 saturated heterocycles. The number of hydrogen-bond donors (Lipinski definition) is 1. The van der Waals surface area contributed by atoms with Gasteiger partial charge in [0, 0.05) is 38.0 Å². The van der Waals surface area contributed by atoms with Crippen molar-refractivity contribution >= 4 is 5.69 Å². The van der Waals surface area contributed by atoms with Gasteiger partial charge < -0.3 is 10.1 Å². The van der Waals surface area contributed by atoms with Crippen LogP contribution in [-0.2, 0) is 4.74 Å². The molecule has 3 heteroatoms. The molecule has 2 unspecified atom stereocenters. The molecule has 1 aromatic rings. The summed E-state index contributed by atoms with van der Waals surface area (Å²) in [5.74, 6) is 0. The third kappa shape index (κ3) is 4.00. The second kappa shape index (κ2) is 6.76. The summed E-state index contributed by atoms with van der Waals surface area (Å²) in [6.07, 6.45) is 1.49. The number of benzene rings is 1. The third-order valence-corrected chi connectivity index (χ3v) is 3.48. The topological polar surface area (TPSA) is 24.5 Å². The van der Waals surface area contributed by atoms with Crippen molar-refractivity contribution in [3.05, 3.63) is 30.3 Å². The van der Waals surface area contributed by atoms with Crippen LogP contribution in [0.3, 0.4) is 0 Å². The first kappa shape index (κ1) is 13.4. The fraction of sp³-hybridized carbons (Fsp3) is 0.600. The first-order chi connectivity index (χ1) is 8.75. The molecule has 1 aromatic carbocycles. The summed E-state index contributed by atoms with van der Waals surface area (Å²) in [4.78, 5) is 2.52. The summed E-state index contributed by atoms with van der Waals surface area (Å²) in [5.41, 5.74) is 1.20. The van der Waals surface area contributed by atoms with Crippen LogP contribution >= 0.6 is 0 Å². The molecule has 1 fully saturated rings. The number of nitrogens with one attached hydrogen (secondary N) is 1. The first-order valence-electron chi connectivity index (χ1n) is 6.90. The highest BCUT2D eigenvalue weighted by molar-refractivity contribution is 5.42. The maximum Gasteiger partial charge on any atom is 0.0674 e. The lowest BCUT2D eigenvalue weighted by atomic mass is 10.2. The summed E-state index contributed by atoms with van der Waals surface area (Å²) in [6, 6.07) is 10.9. The molecule has 0 radical (unpaired) electrons. The van der Waals surface area contributed by atoms with Crippen LogP contribution in [0.15, 0.2) is 30.3 Å². The second-order valence-corrected chi connectivity index (χ2v) is 5.13. The van der Waals surface area contributed by atoms with Gasteiger partial charge in [-0.1, -0.05) is 18.2 Å². The third-order valence-electron chi connectivity index (χ3n) is 3.48. The van der Waals surface area contributed by atoms with Gasteiger partial charge in [0.25, 0.3) is 0 Å². The van der Waals surface area contributed by atoms with Crippen LogP contribution < -0.4 is 5.32 Å². The molecule has 2 rings (SSSR count). The Hall–Kier alpha value is -1.06. The fourth-order valence-corrected chi connectivity index (χ4v) is 2.38. The Morgan fingerprint density at radius 1 is 1.39 bits per heavy atom. The molecule has 0 spiro atoms. The van der Waals surface area contributed by atoms with Gasteiger partial charge in [-0.3, -0.25) is 4.90 Å². The van der Waals surface area contributed by atoms with E-state index in [9.17, 15) is 0 Å². The van der Waals surface area contributed by atoms with Gasteiger partial charge in [-0.15, -0.1) is 0 Å². The minimum Gasteiger partial charge on any atom is -0.383 e. The molecule has 0 aliphatic carbocycles. The van der Waals surface area contributed by atoms with E-state index in [2.05, 4.69) is 48.3 Å². The molecular weight excluding hydrogens is 224 g/mol. The zero-order valence-electron chi connectivity index (χ0n) is 11.4. The van der Waals surface area contributed by atoms with Crippen LogP contribution in [0.4, 0.5) is 5.69 Å². The van der Waals surface area contributed by atoms with E-state index in [-0.39, 0.29) is 0 Å². The molecule has 0 amide bonds. The Labute approximate surface area is 110 Å². The molecule has 0 saturated carbocycles. The predicted molar refractivity (Wildman–Crippen MR) is 76.0 cm³/mol. The van der Waals surface area contributed by atoms with Crippen molar-refractivity contribution in [3.63, 3.8) is 0 Å². The lowest BCUT2D eigenvalue weighted by Gasteiger charge is -2.29. The molecular formula is C15H24N2O. The van der Waals surface area contributed by atoms with Crippen molar-refractivity contribution in [2.24, 2.45) is 0 Å². The van der Waals surface area contributed by atoms with Crippen molar-refractivity contribution in [3.8, 4) is 0 Å². The van der Waals surface area contributed by atoms with Crippen molar-refractivity contribution in [1.29, 1.82) is 0 Å². The van der Waals surface area contributed by atoms with Crippen LogP contribution in [0.5, 0.6) is 0 Å². The zero-order chi connectivity index (χ0) is 12.8. The number of anilines is 1. The predicted octanol–water partition coefficient (Wildman–Crippen LogP) is 2.60. The fourth-order valence-electron chi connectivity index (χ4n) is 2.38. The summed E-state index contributed by atoms with van der Waals surface area (Å²) in [6.45, 7) is 8.51. The molecule has 1 aliphatic heterocycles. The molecule has 0 aromatic heterocycles. The standard InChI is InChI=1S/C15H24N2O/c1-13(11-16-15-7-4-3-5-8-15)17-9-6-10-18-14(2)12-17/h3-5,7-8,13-14,16H,6,9-12H2,1-2H3. The van der Waals surface area contributed by atoms with Crippen LogP contribution in [0.1, 0.15) is 20.3 Å². The number of para-hydroxylation sites is 1. The van der Waals surface area contributed by atoms with Gasteiger partial charge in [0.15, 0.2) is 0 Å². The average molecular weight is 248 g/mol. The van der Waals surface area contributed by atoms with Crippen LogP contribution in [0.2, 0.25) is 0 Å². The van der Waals surface area contributed by atoms with Crippen LogP contribution in [-0.4, -0.2) is 43.3 Å². The Bertz CT molecular complexity index is 342. The molecule has 3 nitrogen and oxygen atoms in total. The van der Waals surface area contributed by atoms with Crippen molar-refractivity contribution in [2.75, 3.05) is 31.6 Å². The maximum absolute atomic E-state index is 5.68. The molecule has 2 atom stereocenters.